The van der Waals surface area contributed by atoms with Gasteiger partial charge >= 0.3 is 12.0 Å². The number of carboxylic acids is 1. The molecule has 7 nitrogen and oxygen atoms in total. The van der Waals surface area contributed by atoms with Gasteiger partial charge in [0.25, 0.3) is 0 Å². The Morgan fingerprint density at radius 3 is 1.95 bits per heavy atom. The SMILES string of the molecule is CCC(C)C(NC(=O)NC(C)C(=O)NC(C)C)C(=O)O. The zero-order chi connectivity index (χ0) is 15.9. The summed E-state index contributed by atoms with van der Waals surface area (Å²) in [5.41, 5.74) is 0. The van der Waals surface area contributed by atoms with Crippen LogP contribution < -0.4 is 16.0 Å². The maximum Gasteiger partial charge on any atom is 0.326 e. The van der Waals surface area contributed by atoms with Crippen LogP contribution in [0.25, 0.3) is 0 Å². The first-order valence-corrected chi connectivity index (χ1v) is 6.79. The van der Waals surface area contributed by atoms with Crippen molar-refractivity contribution in [3.05, 3.63) is 0 Å². The molecule has 3 atom stereocenters. The Kier molecular flexibility index (Phi) is 7.64. The van der Waals surface area contributed by atoms with Gasteiger partial charge in [0.2, 0.25) is 5.91 Å². The summed E-state index contributed by atoms with van der Waals surface area (Å²) in [6.07, 6.45) is 0.626. The maximum atomic E-state index is 11.7. The predicted octanol–water partition coefficient (Wildman–Crippen LogP) is 0.698. The molecule has 0 aliphatic heterocycles. The van der Waals surface area contributed by atoms with E-state index in [0.29, 0.717) is 6.42 Å². The summed E-state index contributed by atoms with van der Waals surface area (Å²) in [7, 11) is 0. The van der Waals surface area contributed by atoms with Crippen LogP contribution in [0, 0.1) is 5.92 Å². The van der Waals surface area contributed by atoms with Gasteiger partial charge < -0.3 is 21.1 Å². The fourth-order valence-electron chi connectivity index (χ4n) is 1.54. The monoisotopic (exact) mass is 287 g/mol. The third-order valence-corrected chi connectivity index (χ3v) is 2.94. The second-order valence-corrected chi connectivity index (χ2v) is 5.20. The number of rotatable bonds is 7. The topological polar surface area (TPSA) is 108 Å². The summed E-state index contributed by atoms with van der Waals surface area (Å²) >= 11 is 0. The first-order valence-electron chi connectivity index (χ1n) is 6.79. The minimum absolute atomic E-state index is 0.0262. The lowest BCUT2D eigenvalue weighted by molar-refractivity contribution is -0.140. The Hall–Kier alpha value is -1.79. The van der Waals surface area contributed by atoms with Gasteiger partial charge in [-0.3, -0.25) is 4.79 Å². The van der Waals surface area contributed by atoms with Crippen molar-refractivity contribution < 1.29 is 19.5 Å². The number of carbonyl (C=O) groups is 3. The fraction of sp³-hybridized carbons (Fsp3) is 0.769. The highest BCUT2D eigenvalue weighted by Gasteiger charge is 2.26. The minimum Gasteiger partial charge on any atom is -0.480 e. The number of hydrogen-bond acceptors (Lipinski definition) is 3. The smallest absolute Gasteiger partial charge is 0.326 e. The zero-order valence-electron chi connectivity index (χ0n) is 12.7. The van der Waals surface area contributed by atoms with Crippen molar-refractivity contribution >= 4 is 17.9 Å². The Labute approximate surface area is 119 Å². The van der Waals surface area contributed by atoms with Crippen LogP contribution in [0.3, 0.4) is 0 Å². The van der Waals surface area contributed by atoms with Gasteiger partial charge in [-0.1, -0.05) is 20.3 Å². The molecule has 20 heavy (non-hydrogen) atoms. The first kappa shape index (κ1) is 18.2. The number of carbonyl (C=O) groups excluding carboxylic acids is 2. The van der Waals surface area contributed by atoms with Gasteiger partial charge in [-0.15, -0.1) is 0 Å². The quantitative estimate of drug-likeness (QED) is 0.552. The van der Waals surface area contributed by atoms with E-state index in [9.17, 15) is 14.4 Å². The van der Waals surface area contributed by atoms with E-state index >= 15 is 0 Å². The second-order valence-electron chi connectivity index (χ2n) is 5.20. The molecule has 0 saturated heterocycles. The highest BCUT2D eigenvalue weighted by molar-refractivity contribution is 5.88. The standard InChI is InChI=1S/C13H25N3O4/c1-6-8(4)10(12(18)19)16-13(20)15-9(5)11(17)14-7(2)3/h7-10H,6H2,1-5H3,(H,14,17)(H,18,19)(H2,15,16,20). The average Bonchev–Trinajstić information content (AvgIpc) is 2.33. The van der Waals surface area contributed by atoms with Crippen molar-refractivity contribution in [3.63, 3.8) is 0 Å². The van der Waals surface area contributed by atoms with Crippen LogP contribution in [0.4, 0.5) is 4.79 Å². The van der Waals surface area contributed by atoms with Crippen LogP contribution >= 0.6 is 0 Å². The number of hydrogen-bond donors (Lipinski definition) is 4. The normalized spacial score (nSPS) is 15.1. The average molecular weight is 287 g/mol. The van der Waals surface area contributed by atoms with Gasteiger partial charge in [-0.25, -0.2) is 9.59 Å². The molecule has 0 heterocycles. The molecule has 0 fully saturated rings. The molecule has 0 bridgehead atoms. The summed E-state index contributed by atoms with van der Waals surface area (Å²) < 4.78 is 0. The van der Waals surface area contributed by atoms with Gasteiger partial charge in [0.1, 0.15) is 12.1 Å². The van der Waals surface area contributed by atoms with Crippen molar-refractivity contribution in [2.24, 2.45) is 5.92 Å². The van der Waals surface area contributed by atoms with Gasteiger partial charge in [-0.05, 0) is 26.7 Å². The van der Waals surface area contributed by atoms with E-state index in [2.05, 4.69) is 16.0 Å². The lowest BCUT2D eigenvalue weighted by atomic mass is 9.99. The van der Waals surface area contributed by atoms with Crippen molar-refractivity contribution in [2.45, 2.75) is 59.2 Å². The molecular formula is C13H25N3O4. The van der Waals surface area contributed by atoms with Gasteiger partial charge in [0.15, 0.2) is 0 Å². The molecule has 0 radical (unpaired) electrons. The molecule has 0 aromatic heterocycles. The summed E-state index contributed by atoms with van der Waals surface area (Å²) in [6.45, 7) is 8.76. The molecule has 0 rings (SSSR count). The lowest BCUT2D eigenvalue weighted by Crippen LogP contribution is -2.54. The second kappa shape index (κ2) is 8.39. The largest absolute Gasteiger partial charge is 0.480 e. The molecule has 7 heteroatoms. The van der Waals surface area contributed by atoms with Crippen LogP contribution in [-0.2, 0) is 9.59 Å². The molecule has 0 aliphatic carbocycles. The number of carboxylic acid groups (broad SMARTS) is 1. The molecule has 0 aromatic carbocycles. The number of nitrogens with one attached hydrogen (secondary N) is 3. The van der Waals surface area contributed by atoms with E-state index in [1.807, 2.05) is 20.8 Å². The van der Waals surface area contributed by atoms with E-state index in [-0.39, 0.29) is 17.9 Å². The molecule has 0 aliphatic rings. The third-order valence-electron chi connectivity index (χ3n) is 2.94. The summed E-state index contributed by atoms with van der Waals surface area (Å²) in [5.74, 6) is -1.60. The van der Waals surface area contributed by atoms with E-state index < -0.39 is 24.1 Å². The number of aliphatic carboxylic acids is 1. The van der Waals surface area contributed by atoms with Crippen molar-refractivity contribution in [1.82, 2.24) is 16.0 Å². The van der Waals surface area contributed by atoms with Crippen molar-refractivity contribution in [2.75, 3.05) is 0 Å². The maximum absolute atomic E-state index is 11.7. The van der Waals surface area contributed by atoms with Crippen LogP contribution in [-0.4, -0.2) is 41.1 Å². The number of urea groups is 1. The highest BCUT2D eigenvalue weighted by atomic mass is 16.4. The molecule has 0 saturated carbocycles. The van der Waals surface area contributed by atoms with Gasteiger partial charge in [-0.2, -0.15) is 0 Å². The summed E-state index contributed by atoms with van der Waals surface area (Å²) in [6, 6.07) is -2.39. The minimum atomic E-state index is -1.09. The zero-order valence-corrected chi connectivity index (χ0v) is 12.7. The third kappa shape index (κ3) is 6.40. The van der Waals surface area contributed by atoms with E-state index in [1.165, 1.54) is 6.92 Å². The molecular weight excluding hydrogens is 262 g/mol. The van der Waals surface area contributed by atoms with Crippen LogP contribution in [0.15, 0.2) is 0 Å². The van der Waals surface area contributed by atoms with E-state index in [0.717, 1.165) is 0 Å². The molecule has 116 valence electrons. The molecule has 4 N–H and O–H groups in total. The molecule has 0 aromatic rings. The van der Waals surface area contributed by atoms with Gasteiger partial charge in [0.05, 0.1) is 0 Å². The number of amides is 3. The summed E-state index contributed by atoms with van der Waals surface area (Å²) in [5, 5.41) is 16.5. The van der Waals surface area contributed by atoms with E-state index in [1.54, 1.807) is 6.92 Å². The van der Waals surface area contributed by atoms with Crippen LogP contribution in [0.1, 0.15) is 41.0 Å². The van der Waals surface area contributed by atoms with Crippen molar-refractivity contribution in [1.29, 1.82) is 0 Å². The van der Waals surface area contributed by atoms with Gasteiger partial charge in [0, 0.05) is 6.04 Å². The fourth-order valence-corrected chi connectivity index (χ4v) is 1.54. The molecule has 3 unspecified atom stereocenters. The van der Waals surface area contributed by atoms with Crippen molar-refractivity contribution in [3.8, 4) is 0 Å². The highest BCUT2D eigenvalue weighted by Crippen LogP contribution is 2.07. The summed E-state index contributed by atoms with van der Waals surface area (Å²) in [4.78, 5) is 34.4. The lowest BCUT2D eigenvalue weighted by Gasteiger charge is -2.22. The Balaban J connectivity index is 4.46. The Morgan fingerprint density at radius 1 is 1.00 bits per heavy atom. The predicted molar refractivity (Wildman–Crippen MR) is 75.3 cm³/mol. The van der Waals surface area contributed by atoms with Crippen LogP contribution in [0.5, 0.6) is 0 Å². The Bertz CT molecular complexity index is 358. The molecule has 3 amide bonds. The Morgan fingerprint density at radius 2 is 1.55 bits per heavy atom. The van der Waals surface area contributed by atoms with E-state index in [4.69, 9.17) is 5.11 Å². The van der Waals surface area contributed by atoms with Crippen LogP contribution in [0.2, 0.25) is 0 Å². The first-order chi connectivity index (χ1) is 9.18. The molecule has 0 spiro atoms.